The lowest BCUT2D eigenvalue weighted by atomic mass is 9.80. The molecule has 2 aliphatic heterocycles. The van der Waals surface area contributed by atoms with Gasteiger partial charge in [-0.05, 0) is 31.0 Å². The Kier molecular flexibility index (Phi) is 6.81. The summed E-state index contributed by atoms with van der Waals surface area (Å²) in [5.41, 5.74) is 2.38. The van der Waals surface area contributed by atoms with Gasteiger partial charge in [-0.15, -0.1) is 0 Å². The van der Waals surface area contributed by atoms with Crippen molar-refractivity contribution in [2.24, 2.45) is 0 Å². The maximum atomic E-state index is 12.8. The molecule has 1 saturated heterocycles. The van der Waals surface area contributed by atoms with Crippen LogP contribution in [0.3, 0.4) is 0 Å². The molecule has 0 amide bonds. The minimum Gasteiger partial charge on any atom is -0.493 e. The first kappa shape index (κ1) is 22.4. The summed E-state index contributed by atoms with van der Waals surface area (Å²) in [6, 6.07) is 5.49. The summed E-state index contributed by atoms with van der Waals surface area (Å²) >= 11 is 0. The summed E-state index contributed by atoms with van der Waals surface area (Å²) in [4.78, 5) is 25.1. The van der Waals surface area contributed by atoms with Gasteiger partial charge in [0.2, 0.25) is 0 Å². The van der Waals surface area contributed by atoms with Gasteiger partial charge in [-0.3, -0.25) is 4.79 Å². The smallest absolute Gasteiger partial charge is 0.343 e. The molecule has 2 aromatic rings. The third-order valence-electron chi connectivity index (χ3n) is 6.01. The van der Waals surface area contributed by atoms with Crippen LogP contribution in [0.15, 0.2) is 29.2 Å². The molecule has 4 rings (SSSR count). The normalized spacial score (nSPS) is 18.8. The van der Waals surface area contributed by atoms with Crippen LogP contribution < -0.4 is 14.9 Å². The van der Waals surface area contributed by atoms with Crippen LogP contribution in [0, 0.1) is 0 Å². The quantitative estimate of drug-likeness (QED) is 0.458. The predicted molar refractivity (Wildman–Crippen MR) is 118 cm³/mol. The lowest BCUT2D eigenvalue weighted by Crippen LogP contribution is -2.34. The number of esters is 1. The average Bonchev–Trinajstić information content (AvgIpc) is 2.81. The summed E-state index contributed by atoms with van der Waals surface area (Å²) in [7, 11) is 3.26. The molecule has 1 aromatic carbocycles. The monoisotopic (exact) mass is 443 g/mol. The number of hydrogen-bond donors (Lipinski definition) is 0. The molecule has 2 aliphatic rings. The Bertz CT molecular complexity index is 1050. The number of methoxy groups -OCH3 is 2. The molecule has 2 unspecified atom stereocenters. The van der Waals surface area contributed by atoms with Crippen molar-refractivity contribution in [1.29, 1.82) is 0 Å². The maximum absolute atomic E-state index is 12.8. The Morgan fingerprint density at radius 3 is 2.78 bits per heavy atom. The van der Waals surface area contributed by atoms with Crippen LogP contribution in [0.1, 0.15) is 47.6 Å². The fourth-order valence-corrected chi connectivity index (χ4v) is 4.52. The van der Waals surface area contributed by atoms with E-state index < -0.39 is 5.97 Å². The van der Waals surface area contributed by atoms with E-state index in [-0.39, 0.29) is 29.6 Å². The molecule has 1 fully saturated rings. The third-order valence-corrected chi connectivity index (χ3v) is 6.01. The highest BCUT2D eigenvalue weighted by Gasteiger charge is 2.37. The van der Waals surface area contributed by atoms with Gasteiger partial charge in [-0.2, -0.15) is 0 Å². The van der Waals surface area contributed by atoms with E-state index >= 15 is 0 Å². The molecule has 0 bridgehead atoms. The van der Waals surface area contributed by atoms with E-state index in [0.29, 0.717) is 37.9 Å². The van der Waals surface area contributed by atoms with Crippen LogP contribution >= 0.6 is 0 Å². The van der Waals surface area contributed by atoms with Gasteiger partial charge in [0.25, 0.3) is 0 Å². The molecule has 0 radical (unpaired) electrons. The van der Waals surface area contributed by atoms with Crippen LogP contribution in [-0.4, -0.2) is 57.8 Å². The van der Waals surface area contributed by atoms with Crippen LogP contribution in [0.4, 0.5) is 0 Å². The first-order valence-corrected chi connectivity index (χ1v) is 10.9. The number of hydrogen-bond acceptors (Lipinski definition) is 7. The van der Waals surface area contributed by atoms with Gasteiger partial charge >= 0.3 is 5.97 Å². The predicted octanol–water partition coefficient (Wildman–Crippen LogP) is 3.17. The highest BCUT2D eigenvalue weighted by Crippen LogP contribution is 2.48. The molecule has 3 heterocycles. The van der Waals surface area contributed by atoms with E-state index in [0.717, 1.165) is 29.7 Å². The molecule has 0 spiro atoms. The first-order chi connectivity index (χ1) is 15.6. The van der Waals surface area contributed by atoms with Gasteiger partial charge in [0.1, 0.15) is 5.56 Å². The molecular formula is C24H29NO7. The first-order valence-electron chi connectivity index (χ1n) is 10.9. The number of pyridine rings is 1. The summed E-state index contributed by atoms with van der Waals surface area (Å²) in [6.45, 7) is 4.23. The lowest BCUT2D eigenvalue weighted by Gasteiger charge is -2.40. The van der Waals surface area contributed by atoms with Gasteiger partial charge in [0, 0.05) is 56.5 Å². The zero-order chi connectivity index (χ0) is 22.7. The van der Waals surface area contributed by atoms with Gasteiger partial charge in [0.05, 0.1) is 32.6 Å². The van der Waals surface area contributed by atoms with E-state index in [2.05, 4.69) is 0 Å². The summed E-state index contributed by atoms with van der Waals surface area (Å²) in [6.07, 6.45) is 3.18. The Hall–Kier alpha value is -2.84. The second-order valence-corrected chi connectivity index (χ2v) is 7.89. The minimum atomic E-state index is -0.598. The van der Waals surface area contributed by atoms with Crippen molar-refractivity contribution in [1.82, 2.24) is 4.57 Å². The molecule has 8 heteroatoms. The van der Waals surface area contributed by atoms with E-state index in [4.69, 9.17) is 23.7 Å². The van der Waals surface area contributed by atoms with Crippen molar-refractivity contribution < 1.29 is 28.5 Å². The van der Waals surface area contributed by atoms with E-state index in [9.17, 15) is 9.59 Å². The van der Waals surface area contributed by atoms with Crippen molar-refractivity contribution in [3.8, 4) is 22.8 Å². The number of carbonyl (C=O) groups excluding carboxylic acids is 1. The van der Waals surface area contributed by atoms with Crippen LogP contribution in [-0.2, 0) is 14.2 Å². The van der Waals surface area contributed by atoms with Gasteiger partial charge < -0.3 is 28.3 Å². The number of nitrogens with zero attached hydrogens (tertiary/aromatic N) is 1. The van der Waals surface area contributed by atoms with Crippen molar-refractivity contribution in [3.63, 3.8) is 0 Å². The minimum absolute atomic E-state index is 0.0503. The molecule has 0 N–H and O–H groups in total. The molecule has 0 aliphatic carbocycles. The topological polar surface area (TPSA) is 85.2 Å². The molecule has 172 valence electrons. The highest BCUT2D eigenvalue weighted by molar-refractivity contribution is 5.89. The summed E-state index contributed by atoms with van der Waals surface area (Å²) in [5, 5.41) is 0. The second kappa shape index (κ2) is 9.75. The van der Waals surface area contributed by atoms with Crippen molar-refractivity contribution in [2.45, 2.75) is 31.7 Å². The average molecular weight is 443 g/mol. The lowest BCUT2D eigenvalue weighted by molar-refractivity contribution is 0.0479. The van der Waals surface area contributed by atoms with Gasteiger partial charge in [-0.25, -0.2) is 4.79 Å². The Morgan fingerprint density at radius 1 is 1.19 bits per heavy atom. The third kappa shape index (κ3) is 4.12. The number of rotatable bonds is 8. The number of benzene rings is 1. The van der Waals surface area contributed by atoms with Crippen LogP contribution in [0.2, 0.25) is 0 Å². The molecule has 8 nitrogen and oxygen atoms in total. The van der Waals surface area contributed by atoms with Gasteiger partial charge in [-0.1, -0.05) is 0 Å². The van der Waals surface area contributed by atoms with Gasteiger partial charge in [0.15, 0.2) is 16.9 Å². The molecule has 32 heavy (non-hydrogen) atoms. The highest BCUT2D eigenvalue weighted by atomic mass is 16.5. The zero-order valence-electron chi connectivity index (χ0n) is 18.7. The number of aromatic nitrogens is 1. The largest absolute Gasteiger partial charge is 0.493 e. The van der Waals surface area contributed by atoms with Crippen molar-refractivity contribution in [3.05, 3.63) is 45.7 Å². The summed E-state index contributed by atoms with van der Waals surface area (Å²) < 4.78 is 29.6. The fraction of sp³-hybridized carbons (Fsp3) is 0.500. The molecule has 1 aromatic heterocycles. The number of ether oxygens (including phenoxy) is 5. The van der Waals surface area contributed by atoms with Crippen molar-refractivity contribution in [2.75, 3.05) is 47.3 Å². The maximum Gasteiger partial charge on any atom is 0.343 e. The second-order valence-electron chi connectivity index (χ2n) is 7.89. The summed E-state index contributed by atoms with van der Waals surface area (Å²) in [5.74, 6) is 0.714. The number of fused-ring (bicyclic) bond motifs is 6. The molecule has 0 saturated carbocycles. The Morgan fingerprint density at radius 2 is 2.03 bits per heavy atom. The standard InChI is InChI=1S/C24H29NO7/c1-4-31-24(27)17-13-25-19-6-9-30-14-18(19)15-10-23(32-8-5-7-28-2)22(29-3)11-16(15)20(25)12-21(17)26/h10-13,18-19H,4-9,14H2,1-3H3. The van der Waals surface area contributed by atoms with E-state index in [1.54, 1.807) is 27.3 Å². The van der Waals surface area contributed by atoms with E-state index in [1.165, 1.54) is 6.07 Å². The SMILES string of the molecule is CCOC(=O)c1cn2c(cc1=O)-c1cc(OC)c(OCCCOC)cc1C1COCCC12. The van der Waals surface area contributed by atoms with Crippen LogP contribution in [0.25, 0.3) is 11.3 Å². The molecular weight excluding hydrogens is 414 g/mol. The number of carbonyl (C=O) groups is 1. The molecule has 2 atom stereocenters. The van der Waals surface area contributed by atoms with Crippen molar-refractivity contribution >= 4 is 5.97 Å². The Labute approximate surface area is 187 Å². The fourth-order valence-electron chi connectivity index (χ4n) is 4.52. The zero-order valence-corrected chi connectivity index (χ0v) is 18.7. The van der Waals surface area contributed by atoms with E-state index in [1.807, 2.05) is 16.7 Å². The Balaban J connectivity index is 1.82. The van der Waals surface area contributed by atoms with Crippen LogP contribution in [0.5, 0.6) is 11.5 Å².